The van der Waals surface area contributed by atoms with E-state index in [0.29, 0.717) is 28.3 Å². The van der Waals surface area contributed by atoms with Crippen LogP contribution in [0, 0.1) is 5.82 Å². The lowest BCUT2D eigenvalue weighted by Crippen LogP contribution is -2.17. The Labute approximate surface area is 150 Å². The van der Waals surface area contributed by atoms with Crippen LogP contribution in [-0.4, -0.2) is 27.9 Å². The SMILES string of the molecule is COc1cc(CNCCc2ccc(F)c(Br)c2)cc(OC)c1OC. The van der Waals surface area contributed by atoms with Crippen LogP contribution in [0.1, 0.15) is 11.1 Å². The number of methoxy groups -OCH3 is 3. The van der Waals surface area contributed by atoms with Crippen molar-refractivity contribution < 1.29 is 18.6 Å². The van der Waals surface area contributed by atoms with Gasteiger partial charge in [-0.2, -0.15) is 0 Å². The van der Waals surface area contributed by atoms with Crippen molar-refractivity contribution in [1.82, 2.24) is 5.32 Å². The Morgan fingerprint density at radius 2 is 1.62 bits per heavy atom. The summed E-state index contributed by atoms with van der Waals surface area (Å²) in [4.78, 5) is 0. The number of hydrogen-bond acceptors (Lipinski definition) is 4. The fourth-order valence-electron chi connectivity index (χ4n) is 2.40. The van der Waals surface area contributed by atoms with Gasteiger partial charge >= 0.3 is 0 Å². The van der Waals surface area contributed by atoms with Crippen LogP contribution in [0.4, 0.5) is 4.39 Å². The van der Waals surface area contributed by atoms with E-state index >= 15 is 0 Å². The number of benzene rings is 2. The Morgan fingerprint density at radius 1 is 0.958 bits per heavy atom. The van der Waals surface area contributed by atoms with Gasteiger partial charge in [0.1, 0.15) is 5.82 Å². The summed E-state index contributed by atoms with van der Waals surface area (Å²) in [6, 6.07) is 8.90. The van der Waals surface area contributed by atoms with Gasteiger partial charge in [-0.3, -0.25) is 0 Å². The average molecular weight is 398 g/mol. The van der Waals surface area contributed by atoms with Crippen molar-refractivity contribution in [3.05, 3.63) is 51.7 Å². The summed E-state index contributed by atoms with van der Waals surface area (Å²) < 4.78 is 29.7. The molecule has 0 fully saturated rings. The van der Waals surface area contributed by atoms with Crippen LogP contribution >= 0.6 is 15.9 Å². The molecule has 2 aromatic carbocycles. The minimum Gasteiger partial charge on any atom is -0.493 e. The number of rotatable bonds is 8. The molecular weight excluding hydrogens is 377 g/mol. The van der Waals surface area contributed by atoms with Crippen LogP contribution < -0.4 is 19.5 Å². The van der Waals surface area contributed by atoms with Gasteiger partial charge in [0.05, 0.1) is 25.8 Å². The first-order valence-corrected chi connectivity index (χ1v) is 8.32. The first-order valence-electron chi connectivity index (χ1n) is 7.52. The normalized spacial score (nSPS) is 10.5. The van der Waals surface area contributed by atoms with Crippen LogP contribution in [0.5, 0.6) is 17.2 Å². The monoisotopic (exact) mass is 397 g/mol. The van der Waals surface area contributed by atoms with E-state index in [-0.39, 0.29) is 5.82 Å². The Morgan fingerprint density at radius 3 is 2.17 bits per heavy atom. The largest absolute Gasteiger partial charge is 0.493 e. The van der Waals surface area contributed by atoms with Gasteiger partial charge in [0, 0.05) is 6.54 Å². The molecule has 0 unspecified atom stereocenters. The zero-order chi connectivity index (χ0) is 17.5. The van der Waals surface area contributed by atoms with Crippen LogP contribution in [-0.2, 0) is 13.0 Å². The predicted molar refractivity (Wildman–Crippen MR) is 95.6 cm³/mol. The van der Waals surface area contributed by atoms with Gasteiger partial charge < -0.3 is 19.5 Å². The molecule has 24 heavy (non-hydrogen) atoms. The molecule has 0 aromatic heterocycles. The molecule has 0 saturated heterocycles. The molecule has 6 heteroatoms. The maximum Gasteiger partial charge on any atom is 0.203 e. The van der Waals surface area contributed by atoms with Gasteiger partial charge in [-0.05, 0) is 64.3 Å². The molecule has 4 nitrogen and oxygen atoms in total. The lowest BCUT2D eigenvalue weighted by Gasteiger charge is -2.14. The standard InChI is InChI=1S/C18H21BrFNO3/c1-22-16-9-13(10-17(23-2)18(16)24-3)11-21-7-6-12-4-5-15(20)14(19)8-12/h4-5,8-10,21H,6-7,11H2,1-3H3. The molecule has 1 N–H and O–H groups in total. The third-order valence-electron chi connectivity index (χ3n) is 3.63. The molecule has 0 radical (unpaired) electrons. The van der Waals surface area contributed by atoms with Crippen LogP contribution in [0.15, 0.2) is 34.8 Å². The molecule has 0 heterocycles. The minimum absolute atomic E-state index is 0.246. The Kier molecular flexibility index (Phi) is 6.87. The molecule has 2 aromatic rings. The molecule has 0 aliphatic rings. The third-order valence-corrected chi connectivity index (χ3v) is 4.24. The number of nitrogens with one attached hydrogen (secondary N) is 1. The van der Waals surface area contributed by atoms with Gasteiger partial charge in [-0.15, -0.1) is 0 Å². The highest BCUT2D eigenvalue weighted by molar-refractivity contribution is 9.10. The molecule has 2 rings (SSSR count). The summed E-state index contributed by atoms with van der Waals surface area (Å²) in [7, 11) is 4.78. The zero-order valence-corrected chi connectivity index (χ0v) is 15.6. The summed E-state index contributed by atoms with van der Waals surface area (Å²) >= 11 is 3.20. The maximum atomic E-state index is 13.2. The molecule has 0 amide bonds. The van der Waals surface area contributed by atoms with Gasteiger partial charge in [-0.1, -0.05) is 6.07 Å². The van der Waals surface area contributed by atoms with Crippen molar-refractivity contribution in [1.29, 1.82) is 0 Å². The average Bonchev–Trinajstić information content (AvgIpc) is 2.60. The first kappa shape index (κ1) is 18.5. The van der Waals surface area contributed by atoms with E-state index in [4.69, 9.17) is 14.2 Å². The van der Waals surface area contributed by atoms with Gasteiger partial charge in [0.25, 0.3) is 0 Å². The van der Waals surface area contributed by atoms with Crippen molar-refractivity contribution >= 4 is 15.9 Å². The molecule has 130 valence electrons. The summed E-state index contributed by atoms with van der Waals surface area (Å²) in [5.74, 6) is 1.61. The van der Waals surface area contributed by atoms with E-state index in [1.54, 1.807) is 33.5 Å². The van der Waals surface area contributed by atoms with Crippen molar-refractivity contribution in [2.45, 2.75) is 13.0 Å². The second-order valence-electron chi connectivity index (χ2n) is 5.21. The summed E-state index contributed by atoms with van der Waals surface area (Å²) in [5.41, 5.74) is 2.10. The van der Waals surface area contributed by atoms with E-state index in [1.807, 2.05) is 12.1 Å². The van der Waals surface area contributed by atoms with Crippen LogP contribution in [0.25, 0.3) is 0 Å². The first-order chi connectivity index (χ1) is 11.6. The third kappa shape index (κ3) is 4.61. The summed E-state index contributed by atoms with van der Waals surface area (Å²) in [5, 5.41) is 3.36. The van der Waals surface area contributed by atoms with E-state index in [0.717, 1.165) is 24.1 Å². The van der Waals surface area contributed by atoms with Crippen molar-refractivity contribution in [2.75, 3.05) is 27.9 Å². The van der Waals surface area contributed by atoms with E-state index in [9.17, 15) is 4.39 Å². The van der Waals surface area contributed by atoms with Crippen molar-refractivity contribution in [2.24, 2.45) is 0 Å². The Bertz CT molecular complexity index is 669. The fourth-order valence-corrected chi connectivity index (χ4v) is 2.82. The predicted octanol–water partition coefficient (Wildman–Crippen LogP) is 3.95. The van der Waals surface area contributed by atoms with Gasteiger partial charge in [0.15, 0.2) is 11.5 Å². The molecule has 0 atom stereocenters. The van der Waals surface area contributed by atoms with Crippen LogP contribution in [0.3, 0.4) is 0 Å². The fraction of sp³-hybridized carbons (Fsp3) is 0.333. The van der Waals surface area contributed by atoms with Crippen molar-refractivity contribution in [3.8, 4) is 17.2 Å². The summed E-state index contributed by atoms with van der Waals surface area (Å²) in [6.45, 7) is 1.44. The highest BCUT2D eigenvalue weighted by atomic mass is 79.9. The smallest absolute Gasteiger partial charge is 0.203 e. The lowest BCUT2D eigenvalue weighted by molar-refractivity contribution is 0.323. The van der Waals surface area contributed by atoms with E-state index in [1.165, 1.54) is 6.07 Å². The molecular formula is C18H21BrFNO3. The molecule has 0 saturated carbocycles. The van der Waals surface area contributed by atoms with Crippen molar-refractivity contribution in [3.63, 3.8) is 0 Å². The maximum absolute atomic E-state index is 13.2. The number of hydrogen-bond donors (Lipinski definition) is 1. The number of halogens is 2. The van der Waals surface area contributed by atoms with Gasteiger partial charge in [0.2, 0.25) is 5.75 Å². The zero-order valence-electron chi connectivity index (χ0n) is 14.0. The lowest BCUT2D eigenvalue weighted by atomic mass is 10.1. The second-order valence-corrected chi connectivity index (χ2v) is 6.06. The molecule has 0 bridgehead atoms. The minimum atomic E-state index is -0.246. The van der Waals surface area contributed by atoms with Gasteiger partial charge in [-0.25, -0.2) is 4.39 Å². The highest BCUT2D eigenvalue weighted by Crippen LogP contribution is 2.38. The second kappa shape index (κ2) is 8.89. The highest BCUT2D eigenvalue weighted by Gasteiger charge is 2.12. The molecule has 0 aliphatic heterocycles. The summed E-state index contributed by atoms with van der Waals surface area (Å²) in [6.07, 6.45) is 0.809. The topological polar surface area (TPSA) is 39.7 Å². The molecule has 0 spiro atoms. The molecule has 0 aliphatic carbocycles. The van der Waals surface area contributed by atoms with E-state index in [2.05, 4.69) is 21.2 Å². The van der Waals surface area contributed by atoms with E-state index < -0.39 is 0 Å². The van der Waals surface area contributed by atoms with Crippen LogP contribution in [0.2, 0.25) is 0 Å². The quantitative estimate of drug-likeness (QED) is 0.684. The Balaban J connectivity index is 1.95. The Hall–Kier alpha value is -1.79. The number of ether oxygens (including phenoxy) is 3.